The molecule has 0 amide bonds. The summed E-state index contributed by atoms with van der Waals surface area (Å²) in [5.41, 5.74) is 0.211. The van der Waals surface area contributed by atoms with Crippen LogP contribution in [0.5, 0.6) is 5.75 Å². The molecule has 106 valence electrons. The number of carboxylic acids is 1. The molecule has 0 aliphatic heterocycles. The minimum absolute atomic E-state index is 0.211. The van der Waals surface area contributed by atoms with E-state index >= 15 is 0 Å². The van der Waals surface area contributed by atoms with Crippen molar-refractivity contribution in [3.63, 3.8) is 0 Å². The third kappa shape index (κ3) is 5.30. The van der Waals surface area contributed by atoms with Gasteiger partial charge >= 0.3 is 5.97 Å². The Balaban J connectivity index is 2.32. The lowest BCUT2D eigenvalue weighted by Gasteiger charge is -2.14. The van der Waals surface area contributed by atoms with Crippen molar-refractivity contribution in [1.82, 2.24) is 5.32 Å². The molecule has 19 heavy (non-hydrogen) atoms. The van der Waals surface area contributed by atoms with Crippen LogP contribution in [-0.4, -0.2) is 30.8 Å². The maximum absolute atomic E-state index is 11.0. The van der Waals surface area contributed by atoms with E-state index in [1.165, 1.54) is 12.8 Å². The third-order valence-corrected chi connectivity index (χ3v) is 3.24. The van der Waals surface area contributed by atoms with E-state index in [4.69, 9.17) is 9.84 Å². The highest BCUT2D eigenvalue weighted by molar-refractivity contribution is 5.90. The minimum atomic E-state index is -0.958. The quantitative estimate of drug-likeness (QED) is 0.674. The molecular weight excluding hydrogens is 242 g/mol. The van der Waals surface area contributed by atoms with Crippen molar-refractivity contribution >= 4 is 5.97 Å². The van der Waals surface area contributed by atoms with Crippen molar-refractivity contribution in [2.75, 3.05) is 19.7 Å². The Morgan fingerprint density at radius 1 is 1.32 bits per heavy atom. The van der Waals surface area contributed by atoms with E-state index in [0.29, 0.717) is 18.3 Å². The molecule has 4 nitrogen and oxygen atoms in total. The van der Waals surface area contributed by atoms with Crippen molar-refractivity contribution in [2.24, 2.45) is 5.92 Å². The second-order valence-corrected chi connectivity index (χ2v) is 4.54. The van der Waals surface area contributed by atoms with Gasteiger partial charge in [-0.15, -0.1) is 0 Å². The van der Waals surface area contributed by atoms with Crippen LogP contribution in [0.25, 0.3) is 0 Å². The maximum atomic E-state index is 11.0. The minimum Gasteiger partial charge on any atom is -0.491 e. The number of hydrogen-bond donors (Lipinski definition) is 2. The van der Waals surface area contributed by atoms with Crippen molar-refractivity contribution in [1.29, 1.82) is 0 Å². The molecule has 1 rings (SSSR count). The number of aromatic carboxylic acids is 1. The van der Waals surface area contributed by atoms with Crippen LogP contribution in [0.1, 0.15) is 37.0 Å². The molecule has 0 aliphatic rings. The van der Waals surface area contributed by atoms with Crippen molar-refractivity contribution in [3.05, 3.63) is 29.8 Å². The monoisotopic (exact) mass is 265 g/mol. The molecule has 0 aromatic heterocycles. The number of carboxylic acid groups (broad SMARTS) is 1. The average Bonchev–Trinajstić information content (AvgIpc) is 2.43. The number of carbonyl (C=O) groups is 1. The van der Waals surface area contributed by atoms with E-state index in [-0.39, 0.29) is 5.56 Å². The van der Waals surface area contributed by atoms with Gasteiger partial charge < -0.3 is 15.2 Å². The molecule has 0 atom stereocenters. The molecular formula is C15H23NO3. The fourth-order valence-electron chi connectivity index (χ4n) is 1.89. The SMILES string of the molecule is CCC(CC)CNCCOc1ccccc1C(=O)O. The van der Waals surface area contributed by atoms with Crippen LogP contribution in [0.3, 0.4) is 0 Å². The highest BCUT2D eigenvalue weighted by atomic mass is 16.5. The highest BCUT2D eigenvalue weighted by Gasteiger charge is 2.09. The summed E-state index contributed by atoms with van der Waals surface area (Å²) < 4.78 is 5.50. The lowest BCUT2D eigenvalue weighted by Crippen LogP contribution is -2.26. The normalized spacial score (nSPS) is 10.7. The fraction of sp³-hybridized carbons (Fsp3) is 0.533. The first-order valence-corrected chi connectivity index (χ1v) is 6.84. The third-order valence-electron chi connectivity index (χ3n) is 3.24. The number of nitrogens with one attached hydrogen (secondary N) is 1. The number of hydrogen-bond acceptors (Lipinski definition) is 3. The topological polar surface area (TPSA) is 58.6 Å². The predicted octanol–water partition coefficient (Wildman–Crippen LogP) is 2.79. The zero-order chi connectivity index (χ0) is 14.1. The molecule has 0 unspecified atom stereocenters. The summed E-state index contributed by atoms with van der Waals surface area (Å²) in [7, 11) is 0. The summed E-state index contributed by atoms with van der Waals surface area (Å²) in [5, 5.41) is 12.3. The zero-order valence-electron chi connectivity index (χ0n) is 11.7. The van der Waals surface area contributed by atoms with Crippen LogP contribution in [0.2, 0.25) is 0 Å². The van der Waals surface area contributed by atoms with Gasteiger partial charge in [0.15, 0.2) is 0 Å². The Morgan fingerprint density at radius 3 is 2.63 bits per heavy atom. The lowest BCUT2D eigenvalue weighted by molar-refractivity contribution is 0.0692. The molecule has 0 saturated carbocycles. The van der Waals surface area contributed by atoms with Gasteiger partial charge in [-0.1, -0.05) is 38.8 Å². The summed E-state index contributed by atoms with van der Waals surface area (Å²) in [6.45, 7) is 6.57. The average molecular weight is 265 g/mol. The van der Waals surface area contributed by atoms with Crippen molar-refractivity contribution < 1.29 is 14.6 Å². The highest BCUT2D eigenvalue weighted by Crippen LogP contribution is 2.17. The van der Waals surface area contributed by atoms with Gasteiger partial charge in [-0.2, -0.15) is 0 Å². The molecule has 0 aliphatic carbocycles. The maximum Gasteiger partial charge on any atom is 0.339 e. The van der Waals surface area contributed by atoms with Gasteiger partial charge in [0.25, 0.3) is 0 Å². The summed E-state index contributed by atoms with van der Waals surface area (Å²) in [5.74, 6) is 0.172. The summed E-state index contributed by atoms with van der Waals surface area (Å²) in [6, 6.07) is 6.71. The van der Waals surface area contributed by atoms with Gasteiger partial charge in [-0.25, -0.2) is 4.79 Å². The van der Waals surface area contributed by atoms with Crippen LogP contribution in [0, 0.1) is 5.92 Å². The molecule has 0 spiro atoms. The smallest absolute Gasteiger partial charge is 0.339 e. The largest absolute Gasteiger partial charge is 0.491 e. The van der Waals surface area contributed by atoms with Gasteiger partial charge in [0.05, 0.1) is 0 Å². The number of para-hydroxylation sites is 1. The van der Waals surface area contributed by atoms with Crippen molar-refractivity contribution in [3.8, 4) is 5.75 Å². The first-order chi connectivity index (χ1) is 9.19. The Bertz CT molecular complexity index is 389. The van der Waals surface area contributed by atoms with E-state index < -0.39 is 5.97 Å². The van der Waals surface area contributed by atoms with Gasteiger partial charge in [-0.3, -0.25) is 0 Å². The molecule has 0 fully saturated rings. The molecule has 0 heterocycles. The first kappa shape index (κ1) is 15.5. The predicted molar refractivity (Wildman–Crippen MR) is 75.8 cm³/mol. The summed E-state index contributed by atoms with van der Waals surface area (Å²) in [6.07, 6.45) is 2.35. The van der Waals surface area contributed by atoms with Gasteiger partial charge in [0, 0.05) is 6.54 Å². The van der Waals surface area contributed by atoms with E-state index in [2.05, 4.69) is 19.2 Å². The Morgan fingerprint density at radius 2 is 2.00 bits per heavy atom. The molecule has 0 radical (unpaired) electrons. The molecule has 2 N–H and O–H groups in total. The molecule has 1 aromatic carbocycles. The van der Waals surface area contributed by atoms with Crippen molar-refractivity contribution in [2.45, 2.75) is 26.7 Å². The summed E-state index contributed by atoms with van der Waals surface area (Å²) >= 11 is 0. The van der Waals surface area contributed by atoms with Gasteiger partial charge in [0.1, 0.15) is 17.9 Å². The van der Waals surface area contributed by atoms with Gasteiger partial charge in [-0.05, 0) is 24.6 Å². The Hall–Kier alpha value is -1.55. The van der Waals surface area contributed by atoms with E-state index in [1.807, 2.05) is 0 Å². The van der Waals surface area contributed by atoms with Crippen LogP contribution in [0.15, 0.2) is 24.3 Å². The van der Waals surface area contributed by atoms with Crippen LogP contribution in [-0.2, 0) is 0 Å². The van der Waals surface area contributed by atoms with Crippen LogP contribution in [0.4, 0.5) is 0 Å². The van der Waals surface area contributed by atoms with E-state index in [0.717, 1.165) is 13.1 Å². The standard InChI is InChI=1S/C15H23NO3/c1-3-12(4-2)11-16-9-10-19-14-8-6-5-7-13(14)15(17)18/h5-8,12,16H,3-4,9-11H2,1-2H3,(H,17,18). The number of ether oxygens (including phenoxy) is 1. The number of rotatable bonds is 9. The second-order valence-electron chi connectivity index (χ2n) is 4.54. The van der Waals surface area contributed by atoms with E-state index in [1.54, 1.807) is 24.3 Å². The Labute approximate surface area is 114 Å². The van der Waals surface area contributed by atoms with E-state index in [9.17, 15) is 4.79 Å². The Kier molecular flexibility index (Phi) is 6.97. The number of benzene rings is 1. The first-order valence-electron chi connectivity index (χ1n) is 6.84. The molecule has 1 aromatic rings. The fourth-order valence-corrected chi connectivity index (χ4v) is 1.89. The van der Waals surface area contributed by atoms with Crippen LogP contribution < -0.4 is 10.1 Å². The summed E-state index contributed by atoms with van der Waals surface area (Å²) in [4.78, 5) is 11.0. The second kappa shape index (κ2) is 8.53. The van der Waals surface area contributed by atoms with Gasteiger partial charge in [0.2, 0.25) is 0 Å². The molecule has 0 bridgehead atoms. The zero-order valence-corrected chi connectivity index (χ0v) is 11.7. The van der Waals surface area contributed by atoms with Crippen LogP contribution >= 0.6 is 0 Å². The lowest BCUT2D eigenvalue weighted by atomic mass is 10.0. The molecule has 4 heteroatoms. The molecule has 0 saturated heterocycles.